The molecular formula is C26H28N4O5. The molecular weight excluding hydrogens is 448 g/mol. The van der Waals surface area contributed by atoms with Crippen molar-refractivity contribution >= 4 is 23.8 Å². The number of ether oxygens (including phenoxy) is 1. The minimum atomic E-state index is -0.941. The molecule has 2 aromatic carbocycles. The summed E-state index contributed by atoms with van der Waals surface area (Å²) in [6.45, 7) is 3.79. The first kappa shape index (κ1) is 24.0. The first-order chi connectivity index (χ1) is 16.6. The van der Waals surface area contributed by atoms with E-state index in [-0.39, 0.29) is 36.9 Å². The van der Waals surface area contributed by atoms with E-state index in [9.17, 15) is 14.4 Å². The minimum absolute atomic E-state index is 0.0678. The van der Waals surface area contributed by atoms with Crippen molar-refractivity contribution in [2.24, 2.45) is 12.5 Å². The van der Waals surface area contributed by atoms with Gasteiger partial charge in [0.1, 0.15) is 12.2 Å². The zero-order valence-electron chi connectivity index (χ0n) is 19.9. The number of anilines is 1. The van der Waals surface area contributed by atoms with Gasteiger partial charge < -0.3 is 15.2 Å². The van der Waals surface area contributed by atoms with Gasteiger partial charge >= 0.3 is 12.1 Å². The third kappa shape index (κ3) is 5.34. The largest absolute Gasteiger partial charge is 0.481 e. The molecule has 9 heteroatoms. The maximum Gasteiger partial charge on any atom is 0.412 e. The van der Waals surface area contributed by atoms with Gasteiger partial charge in [0.25, 0.3) is 5.91 Å². The number of hydrogen-bond donors (Lipinski definition) is 3. The number of carboxylic acid groups (broad SMARTS) is 1. The van der Waals surface area contributed by atoms with Gasteiger partial charge in [-0.2, -0.15) is 5.10 Å². The number of nitrogens with zero attached hydrogens (tertiary/aromatic N) is 2. The Labute approximate surface area is 203 Å². The molecule has 0 unspecified atom stereocenters. The molecule has 3 aromatic rings. The lowest BCUT2D eigenvalue weighted by Crippen LogP contribution is -2.35. The van der Waals surface area contributed by atoms with Gasteiger partial charge in [0.2, 0.25) is 0 Å². The summed E-state index contributed by atoms with van der Waals surface area (Å²) in [6, 6.07) is 16.1. The highest BCUT2D eigenvalue weighted by molar-refractivity contribution is 6.01. The highest BCUT2D eigenvalue weighted by Crippen LogP contribution is 2.44. The second-order valence-electron chi connectivity index (χ2n) is 9.43. The lowest BCUT2D eigenvalue weighted by Gasteiger charge is -2.22. The van der Waals surface area contributed by atoms with Crippen LogP contribution in [0.1, 0.15) is 47.7 Å². The van der Waals surface area contributed by atoms with Crippen LogP contribution < -0.4 is 10.6 Å². The second-order valence-corrected chi connectivity index (χ2v) is 9.43. The number of carbonyl (C=O) groups is 3. The summed E-state index contributed by atoms with van der Waals surface area (Å²) >= 11 is 0. The third-order valence-corrected chi connectivity index (χ3v) is 5.99. The highest BCUT2D eigenvalue weighted by atomic mass is 16.5. The Bertz CT molecular complexity index is 1230. The fourth-order valence-electron chi connectivity index (χ4n) is 4.36. The van der Waals surface area contributed by atoms with E-state index in [1.165, 1.54) is 10.9 Å². The first-order valence-corrected chi connectivity index (χ1v) is 11.3. The molecule has 1 heterocycles. The van der Waals surface area contributed by atoms with E-state index in [1.54, 1.807) is 20.9 Å². The van der Waals surface area contributed by atoms with Crippen LogP contribution in [-0.4, -0.2) is 46.0 Å². The number of benzene rings is 2. The van der Waals surface area contributed by atoms with E-state index in [0.29, 0.717) is 0 Å². The van der Waals surface area contributed by atoms with Crippen molar-refractivity contribution in [1.29, 1.82) is 0 Å². The van der Waals surface area contributed by atoms with Crippen LogP contribution in [-0.2, 0) is 16.6 Å². The van der Waals surface area contributed by atoms with E-state index >= 15 is 0 Å². The van der Waals surface area contributed by atoms with Crippen molar-refractivity contribution in [1.82, 2.24) is 15.1 Å². The molecule has 0 bridgehead atoms. The monoisotopic (exact) mass is 476 g/mol. The molecule has 1 aliphatic carbocycles. The van der Waals surface area contributed by atoms with Gasteiger partial charge in [-0.3, -0.25) is 19.6 Å². The zero-order chi connectivity index (χ0) is 25.2. The molecule has 0 atom stereocenters. The SMILES string of the molecule is Cn1cc(C(=O)NCC(C)(C)CC(=O)O)c(NC(=O)OCC2c3ccccc3-c3ccccc32)n1. The summed E-state index contributed by atoms with van der Waals surface area (Å²) < 4.78 is 6.96. The summed E-state index contributed by atoms with van der Waals surface area (Å²) in [5, 5.41) is 18.5. The van der Waals surface area contributed by atoms with Gasteiger partial charge in [-0.15, -0.1) is 0 Å². The standard InChI is InChI=1S/C26H28N4O5/c1-26(2,12-22(31)32)15-27-24(33)20-13-30(3)29-23(20)28-25(34)35-14-21-18-10-6-4-8-16(18)17-9-5-7-11-19(17)21/h4-11,13,21H,12,14-15H2,1-3H3,(H,27,33)(H,31,32)(H,28,29,34). The molecule has 0 spiro atoms. The van der Waals surface area contributed by atoms with Gasteiger partial charge in [-0.05, 0) is 27.7 Å². The highest BCUT2D eigenvalue weighted by Gasteiger charge is 2.29. The number of carboxylic acids is 1. The minimum Gasteiger partial charge on any atom is -0.481 e. The van der Waals surface area contributed by atoms with Crippen LogP contribution >= 0.6 is 0 Å². The molecule has 3 N–H and O–H groups in total. The van der Waals surface area contributed by atoms with Crippen molar-refractivity contribution in [2.45, 2.75) is 26.2 Å². The summed E-state index contributed by atoms with van der Waals surface area (Å²) in [5.41, 5.74) is 3.99. The Hall–Kier alpha value is -4.14. The van der Waals surface area contributed by atoms with Crippen LogP contribution in [0.4, 0.5) is 10.6 Å². The average Bonchev–Trinajstić information content (AvgIpc) is 3.32. The molecule has 4 rings (SSSR count). The maximum absolute atomic E-state index is 12.7. The number of aliphatic carboxylic acids is 1. The van der Waals surface area contributed by atoms with Crippen molar-refractivity contribution in [3.8, 4) is 11.1 Å². The van der Waals surface area contributed by atoms with E-state index in [1.807, 2.05) is 36.4 Å². The van der Waals surface area contributed by atoms with Crippen LogP contribution in [0.2, 0.25) is 0 Å². The topological polar surface area (TPSA) is 123 Å². The first-order valence-electron chi connectivity index (χ1n) is 11.3. The molecule has 35 heavy (non-hydrogen) atoms. The van der Waals surface area contributed by atoms with E-state index < -0.39 is 23.4 Å². The number of fused-ring (bicyclic) bond motifs is 3. The predicted octanol–water partition coefficient (Wildman–Crippen LogP) is 4.01. The fraction of sp³-hybridized carbons (Fsp3) is 0.308. The average molecular weight is 477 g/mol. The number of aromatic nitrogens is 2. The third-order valence-electron chi connectivity index (χ3n) is 5.99. The van der Waals surface area contributed by atoms with E-state index in [2.05, 4.69) is 27.9 Å². The number of amides is 2. The summed E-state index contributed by atoms with van der Waals surface area (Å²) in [5.74, 6) is -1.43. The van der Waals surface area contributed by atoms with Crippen molar-refractivity contribution in [3.63, 3.8) is 0 Å². The van der Waals surface area contributed by atoms with Crippen LogP contribution in [0.25, 0.3) is 11.1 Å². The van der Waals surface area contributed by atoms with Gasteiger partial charge in [0, 0.05) is 25.7 Å². The zero-order valence-corrected chi connectivity index (χ0v) is 19.9. The van der Waals surface area contributed by atoms with Crippen LogP contribution in [0.5, 0.6) is 0 Å². The van der Waals surface area contributed by atoms with E-state index in [0.717, 1.165) is 22.3 Å². The normalized spacial score (nSPS) is 12.5. The molecule has 1 aliphatic rings. The van der Waals surface area contributed by atoms with Crippen molar-refractivity contribution < 1.29 is 24.2 Å². The molecule has 0 saturated carbocycles. The molecule has 0 fully saturated rings. The Morgan fingerprint density at radius 2 is 1.66 bits per heavy atom. The van der Waals surface area contributed by atoms with Crippen LogP contribution in [0.15, 0.2) is 54.7 Å². The predicted molar refractivity (Wildman–Crippen MR) is 130 cm³/mol. The fourth-order valence-corrected chi connectivity index (χ4v) is 4.36. The summed E-state index contributed by atoms with van der Waals surface area (Å²) in [7, 11) is 1.63. The molecule has 9 nitrogen and oxygen atoms in total. The molecule has 182 valence electrons. The molecule has 1 aromatic heterocycles. The molecule has 0 radical (unpaired) electrons. The number of hydrogen-bond acceptors (Lipinski definition) is 5. The second kappa shape index (κ2) is 9.61. The lowest BCUT2D eigenvalue weighted by molar-refractivity contribution is -0.139. The summed E-state index contributed by atoms with van der Waals surface area (Å²) in [4.78, 5) is 36.4. The lowest BCUT2D eigenvalue weighted by atomic mass is 9.89. The Kier molecular flexibility index (Phi) is 6.59. The van der Waals surface area contributed by atoms with Gasteiger partial charge in [0.15, 0.2) is 5.82 Å². The Morgan fingerprint density at radius 1 is 1.06 bits per heavy atom. The quantitative estimate of drug-likeness (QED) is 0.451. The molecule has 2 amide bonds. The van der Waals surface area contributed by atoms with Gasteiger partial charge in [-0.25, -0.2) is 4.79 Å². The Morgan fingerprint density at radius 3 is 2.26 bits per heavy atom. The maximum atomic E-state index is 12.7. The Balaban J connectivity index is 1.41. The number of carbonyl (C=O) groups excluding carboxylic acids is 2. The van der Waals surface area contributed by atoms with E-state index in [4.69, 9.17) is 9.84 Å². The van der Waals surface area contributed by atoms with Crippen LogP contribution in [0, 0.1) is 5.41 Å². The van der Waals surface area contributed by atoms with Crippen molar-refractivity contribution in [2.75, 3.05) is 18.5 Å². The van der Waals surface area contributed by atoms with Gasteiger partial charge in [0.05, 0.1) is 6.42 Å². The molecule has 0 aliphatic heterocycles. The number of nitrogens with one attached hydrogen (secondary N) is 2. The smallest absolute Gasteiger partial charge is 0.412 e. The van der Waals surface area contributed by atoms with Gasteiger partial charge in [-0.1, -0.05) is 62.4 Å². The summed E-state index contributed by atoms with van der Waals surface area (Å²) in [6.07, 6.45) is 0.676. The number of aryl methyl sites for hydroxylation is 1. The molecule has 0 saturated heterocycles. The van der Waals surface area contributed by atoms with Crippen LogP contribution in [0.3, 0.4) is 0 Å². The number of rotatable bonds is 8. The van der Waals surface area contributed by atoms with Crippen molar-refractivity contribution in [3.05, 3.63) is 71.4 Å².